The van der Waals surface area contributed by atoms with E-state index in [2.05, 4.69) is 10.2 Å². The molecule has 0 saturated carbocycles. The number of nitrogens with zero attached hydrogens (tertiary/aromatic N) is 2. The van der Waals surface area contributed by atoms with Crippen LogP contribution in [0.15, 0.2) is 59.5 Å². The molecule has 33 heavy (non-hydrogen) atoms. The number of nitrogens with one attached hydrogen (secondary N) is 1. The van der Waals surface area contributed by atoms with Gasteiger partial charge in [0.05, 0.1) is 24.2 Å². The first-order valence-corrected chi connectivity index (χ1v) is 13.2. The molecule has 0 bridgehead atoms. The number of hydrogen-bond donors (Lipinski definition) is 1. The van der Waals surface area contributed by atoms with Crippen LogP contribution < -0.4 is 5.32 Å². The van der Waals surface area contributed by atoms with Gasteiger partial charge in [-0.2, -0.15) is 4.31 Å². The number of hydrogen-bond acceptors (Lipinski definition) is 5. The van der Waals surface area contributed by atoms with Crippen molar-refractivity contribution < 1.29 is 17.9 Å². The van der Waals surface area contributed by atoms with E-state index in [4.69, 9.17) is 16.3 Å². The highest BCUT2D eigenvalue weighted by atomic mass is 35.5. The van der Waals surface area contributed by atoms with Crippen molar-refractivity contribution in [1.29, 1.82) is 0 Å². The maximum atomic E-state index is 13.3. The fraction of sp³-hybridized carbons (Fsp3) is 0.458. The Hall–Kier alpha value is -1.97. The number of morpholine rings is 1. The van der Waals surface area contributed by atoms with Crippen LogP contribution in [0.1, 0.15) is 30.9 Å². The molecule has 2 aliphatic rings. The molecule has 2 aliphatic heterocycles. The van der Waals surface area contributed by atoms with E-state index in [0.29, 0.717) is 37.7 Å². The second-order valence-corrected chi connectivity index (χ2v) is 10.7. The van der Waals surface area contributed by atoms with Crippen LogP contribution in [-0.2, 0) is 19.6 Å². The molecule has 0 aromatic heterocycles. The van der Waals surface area contributed by atoms with Crippen LogP contribution in [0.5, 0.6) is 0 Å². The Kier molecular flexibility index (Phi) is 8.03. The normalized spacial score (nSPS) is 21.4. The van der Waals surface area contributed by atoms with Crippen LogP contribution in [0.2, 0.25) is 5.02 Å². The second-order valence-electron chi connectivity index (χ2n) is 8.37. The zero-order chi connectivity index (χ0) is 23.3. The molecule has 0 spiro atoms. The zero-order valence-corrected chi connectivity index (χ0v) is 20.1. The molecular formula is C24H30ClN3O4S. The van der Waals surface area contributed by atoms with Crippen LogP contribution in [0.3, 0.4) is 0 Å². The molecule has 1 amide bonds. The molecule has 7 nitrogen and oxygen atoms in total. The van der Waals surface area contributed by atoms with Gasteiger partial charge in [-0.15, -0.1) is 0 Å². The summed E-state index contributed by atoms with van der Waals surface area (Å²) in [6.07, 6.45) is 2.06. The predicted molar refractivity (Wildman–Crippen MR) is 128 cm³/mol. The molecule has 2 fully saturated rings. The molecule has 2 atom stereocenters. The van der Waals surface area contributed by atoms with Crippen molar-refractivity contribution in [2.45, 2.75) is 36.2 Å². The summed E-state index contributed by atoms with van der Waals surface area (Å²) in [6, 6.07) is 15.1. The van der Waals surface area contributed by atoms with Gasteiger partial charge in [0.2, 0.25) is 15.9 Å². The summed E-state index contributed by atoms with van der Waals surface area (Å²) in [5, 5.41) is 3.69. The number of carbonyl (C=O) groups excluding carboxylic acids is 1. The number of amides is 1. The number of piperidine rings is 1. The minimum atomic E-state index is -3.75. The van der Waals surface area contributed by atoms with Crippen LogP contribution in [0.25, 0.3) is 0 Å². The smallest absolute Gasteiger partial charge is 0.243 e. The van der Waals surface area contributed by atoms with Crippen LogP contribution in [-0.4, -0.2) is 69.0 Å². The van der Waals surface area contributed by atoms with Crippen molar-refractivity contribution in [1.82, 2.24) is 14.5 Å². The van der Waals surface area contributed by atoms with E-state index in [-0.39, 0.29) is 16.8 Å². The van der Waals surface area contributed by atoms with E-state index in [0.717, 1.165) is 31.5 Å². The summed E-state index contributed by atoms with van der Waals surface area (Å²) in [5.74, 6) is -0.264. The summed E-state index contributed by atoms with van der Waals surface area (Å²) >= 11 is 6.49. The second kappa shape index (κ2) is 11.0. The topological polar surface area (TPSA) is 79.0 Å². The van der Waals surface area contributed by atoms with Crippen molar-refractivity contribution >= 4 is 27.5 Å². The van der Waals surface area contributed by atoms with Crippen molar-refractivity contribution in [3.05, 3.63) is 65.2 Å². The number of halogens is 1. The number of sulfonamides is 1. The standard InChI is InChI=1S/C24H30ClN3O4S/c25-21-11-5-4-10-20(21)23(27-14-16-32-17-15-27)18-26-24(29)22-12-6-7-13-28(22)33(30,31)19-8-2-1-3-9-19/h1-5,8-11,22-23H,6-7,12-18H2,(H,26,29). The van der Waals surface area contributed by atoms with E-state index in [9.17, 15) is 13.2 Å². The van der Waals surface area contributed by atoms with Gasteiger partial charge in [0, 0.05) is 31.2 Å². The van der Waals surface area contributed by atoms with E-state index in [1.165, 1.54) is 4.31 Å². The van der Waals surface area contributed by atoms with Crippen molar-refractivity contribution in [3.63, 3.8) is 0 Å². The molecule has 1 N–H and O–H groups in total. The molecule has 2 aromatic rings. The van der Waals surface area contributed by atoms with Gasteiger partial charge in [-0.3, -0.25) is 9.69 Å². The average Bonchev–Trinajstić information content (AvgIpc) is 2.86. The highest BCUT2D eigenvalue weighted by molar-refractivity contribution is 7.89. The maximum absolute atomic E-state index is 13.3. The first-order chi connectivity index (χ1) is 16.0. The molecule has 4 rings (SSSR count). The fourth-order valence-electron chi connectivity index (χ4n) is 4.57. The minimum absolute atomic E-state index is 0.116. The summed E-state index contributed by atoms with van der Waals surface area (Å²) in [4.78, 5) is 15.8. The number of carbonyl (C=O) groups is 1. The Morgan fingerprint density at radius 1 is 1.03 bits per heavy atom. The monoisotopic (exact) mass is 491 g/mol. The van der Waals surface area contributed by atoms with Crippen molar-refractivity contribution in [3.8, 4) is 0 Å². The lowest BCUT2D eigenvalue weighted by atomic mass is 10.0. The summed E-state index contributed by atoms with van der Waals surface area (Å²) in [6.45, 7) is 3.42. The molecule has 178 valence electrons. The maximum Gasteiger partial charge on any atom is 0.243 e. The molecule has 0 aliphatic carbocycles. The Balaban J connectivity index is 1.52. The van der Waals surface area contributed by atoms with E-state index < -0.39 is 16.1 Å². The predicted octanol–water partition coefficient (Wildman–Crippen LogP) is 3.07. The van der Waals surface area contributed by atoms with Crippen LogP contribution in [0, 0.1) is 0 Å². The Morgan fingerprint density at radius 3 is 2.45 bits per heavy atom. The summed E-state index contributed by atoms with van der Waals surface area (Å²) < 4.78 is 33.4. The van der Waals surface area contributed by atoms with E-state index in [1.807, 2.05) is 24.3 Å². The Morgan fingerprint density at radius 2 is 1.73 bits per heavy atom. The molecule has 2 unspecified atom stereocenters. The quantitative estimate of drug-likeness (QED) is 0.644. The highest BCUT2D eigenvalue weighted by Crippen LogP contribution is 2.29. The Bertz CT molecular complexity index is 1040. The van der Waals surface area contributed by atoms with Gasteiger partial charge < -0.3 is 10.1 Å². The summed E-state index contributed by atoms with van der Waals surface area (Å²) in [7, 11) is -3.75. The molecule has 2 aromatic carbocycles. The number of benzene rings is 2. The number of rotatable bonds is 7. The zero-order valence-electron chi connectivity index (χ0n) is 18.5. The van der Waals surface area contributed by atoms with E-state index >= 15 is 0 Å². The van der Waals surface area contributed by atoms with Crippen molar-refractivity contribution in [2.24, 2.45) is 0 Å². The SMILES string of the molecule is O=C(NCC(c1ccccc1Cl)N1CCOCC1)C1CCCCN1S(=O)(=O)c1ccccc1. The molecule has 2 saturated heterocycles. The Labute approximate surface area is 200 Å². The third-order valence-electron chi connectivity index (χ3n) is 6.33. The molecule has 2 heterocycles. The van der Waals surface area contributed by atoms with Crippen molar-refractivity contribution in [2.75, 3.05) is 39.4 Å². The van der Waals surface area contributed by atoms with Gasteiger partial charge in [0.15, 0.2) is 0 Å². The molecular weight excluding hydrogens is 462 g/mol. The van der Waals surface area contributed by atoms with Gasteiger partial charge in [-0.1, -0.05) is 54.4 Å². The minimum Gasteiger partial charge on any atom is -0.379 e. The van der Waals surface area contributed by atoms with Gasteiger partial charge in [0.1, 0.15) is 6.04 Å². The third-order valence-corrected chi connectivity index (χ3v) is 8.59. The summed E-state index contributed by atoms with van der Waals surface area (Å²) in [5.41, 5.74) is 0.943. The first-order valence-electron chi connectivity index (χ1n) is 11.4. The van der Waals surface area contributed by atoms with Gasteiger partial charge in [0.25, 0.3) is 0 Å². The van der Waals surface area contributed by atoms with E-state index in [1.54, 1.807) is 30.3 Å². The fourth-order valence-corrected chi connectivity index (χ4v) is 6.51. The van der Waals surface area contributed by atoms with Crippen LogP contribution >= 0.6 is 11.6 Å². The molecule has 0 radical (unpaired) electrons. The van der Waals surface area contributed by atoms with Crippen LogP contribution in [0.4, 0.5) is 0 Å². The lowest BCUT2D eigenvalue weighted by molar-refractivity contribution is -0.126. The number of ether oxygens (including phenoxy) is 1. The van der Waals surface area contributed by atoms with Gasteiger partial charge >= 0.3 is 0 Å². The van der Waals surface area contributed by atoms with Gasteiger partial charge in [-0.25, -0.2) is 8.42 Å². The lowest BCUT2D eigenvalue weighted by Crippen LogP contribution is -2.53. The largest absolute Gasteiger partial charge is 0.379 e. The molecule has 9 heteroatoms. The average molecular weight is 492 g/mol. The van der Waals surface area contributed by atoms with Gasteiger partial charge in [-0.05, 0) is 36.6 Å². The third kappa shape index (κ3) is 5.58. The lowest BCUT2D eigenvalue weighted by Gasteiger charge is -2.37. The first kappa shape index (κ1) is 24.2. The highest BCUT2D eigenvalue weighted by Gasteiger charge is 2.38.